The van der Waals surface area contributed by atoms with Gasteiger partial charge in [-0.05, 0) is 32.6 Å². The van der Waals surface area contributed by atoms with Crippen LogP contribution in [0.15, 0.2) is 4.42 Å². The first kappa shape index (κ1) is 15.9. The first-order valence-corrected chi connectivity index (χ1v) is 7.11. The van der Waals surface area contributed by atoms with E-state index in [0.717, 1.165) is 12.8 Å². The molecular weight excluding hydrogens is 284 g/mol. The summed E-state index contributed by atoms with van der Waals surface area (Å²) in [6.07, 6.45) is -0.486. The minimum Gasteiger partial charge on any atom is -0.460 e. The molecule has 7 heteroatoms. The monoisotopic (exact) mass is 303 g/mol. The second-order valence-corrected chi connectivity index (χ2v) is 4.96. The molecule has 1 saturated carbocycles. The molecule has 1 aliphatic rings. The molecule has 1 heterocycles. The second-order valence-electron chi connectivity index (χ2n) is 4.96. The number of nitrogens with zero attached hydrogens (tertiary/aromatic N) is 1. The van der Waals surface area contributed by atoms with Gasteiger partial charge in [-0.1, -0.05) is 0 Å². The summed E-state index contributed by atoms with van der Waals surface area (Å²) < 4.78 is 41.1. The molecular formula is C14H19F2NO4. The average Bonchev–Trinajstić information content (AvgIpc) is 2.81. The van der Waals surface area contributed by atoms with Gasteiger partial charge >= 0.3 is 5.97 Å². The van der Waals surface area contributed by atoms with Crippen molar-refractivity contribution in [1.82, 2.24) is 4.98 Å². The number of ether oxygens (including phenoxy) is 2. The summed E-state index contributed by atoms with van der Waals surface area (Å²) in [4.78, 5) is 15.3. The van der Waals surface area contributed by atoms with Crippen molar-refractivity contribution in [3.05, 3.63) is 17.3 Å². The SMILES string of the molecule is CCOC(=O)c1oc(CC2CC(OCC)C2)nc1C(F)F. The lowest BCUT2D eigenvalue weighted by molar-refractivity contribution is -0.0256. The van der Waals surface area contributed by atoms with Crippen LogP contribution in [0.25, 0.3) is 0 Å². The highest BCUT2D eigenvalue weighted by Gasteiger charge is 2.33. The number of halogens is 2. The summed E-state index contributed by atoms with van der Waals surface area (Å²) in [5, 5.41) is 0. The topological polar surface area (TPSA) is 61.6 Å². The van der Waals surface area contributed by atoms with Gasteiger partial charge in [0.15, 0.2) is 11.6 Å². The van der Waals surface area contributed by atoms with Crippen molar-refractivity contribution in [2.75, 3.05) is 13.2 Å². The highest BCUT2D eigenvalue weighted by Crippen LogP contribution is 2.34. The van der Waals surface area contributed by atoms with E-state index in [0.29, 0.717) is 18.9 Å². The van der Waals surface area contributed by atoms with Gasteiger partial charge in [-0.2, -0.15) is 0 Å². The van der Waals surface area contributed by atoms with Gasteiger partial charge in [-0.25, -0.2) is 18.6 Å². The Hall–Kier alpha value is -1.50. The molecule has 118 valence electrons. The van der Waals surface area contributed by atoms with Gasteiger partial charge in [0.05, 0.1) is 12.7 Å². The molecule has 2 rings (SSSR count). The van der Waals surface area contributed by atoms with Crippen molar-refractivity contribution in [1.29, 1.82) is 0 Å². The first-order valence-electron chi connectivity index (χ1n) is 7.11. The molecule has 0 spiro atoms. The molecule has 1 aromatic rings. The van der Waals surface area contributed by atoms with Crippen LogP contribution in [-0.4, -0.2) is 30.3 Å². The number of carbonyl (C=O) groups is 1. The number of esters is 1. The predicted molar refractivity (Wildman–Crippen MR) is 69.3 cm³/mol. The van der Waals surface area contributed by atoms with Crippen LogP contribution in [0.2, 0.25) is 0 Å². The van der Waals surface area contributed by atoms with Crippen molar-refractivity contribution in [2.24, 2.45) is 5.92 Å². The van der Waals surface area contributed by atoms with E-state index in [4.69, 9.17) is 13.9 Å². The Labute approximate surface area is 121 Å². The molecule has 0 aliphatic heterocycles. The van der Waals surface area contributed by atoms with E-state index in [1.165, 1.54) is 0 Å². The summed E-state index contributed by atoms with van der Waals surface area (Å²) in [7, 11) is 0. The number of alkyl halides is 2. The molecule has 21 heavy (non-hydrogen) atoms. The molecule has 1 aliphatic carbocycles. The predicted octanol–water partition coefficient (Wildman–Crippen LogP) is 3.15. The van der Waals surface area contributed by atoms with Crippen LogP contribution in [-0.2, 0) is 15.9 Å². The summed E-state index contributed by atoms with van der Waals surface area (Å²) in [5.74, 6) is -0.927. The molecule has 0 unspecified atom stereocenters. The van der Waals surface area contributed by atoms with Gasteiger partial charge < -0.3 is 13.9 Å². The third-order valence-corrected chi connectivity index (χ3v) is 3.42. The van der Waals surface area contributed by atoms with E-state index in [9.17, 15) is 13.6 Å². The van der Waals surface area contributed by atoms with Crippen molar-refractivity contribution >= 4 is 5.97 Å². The number of rotatable bonds is 7. The lowest BCUT2D eigenvalue weighted by atomic mass is 9.80. The third kappa shape index (κ3) is 3.78. The molecule has 0 atom stereocenters. The second kappa shape index (κ2) is 6.98. The normalized spacial score (nSPS) is 21.4. The Morgan fingerprint density at radius 3 is 2.67 bits per heavy atom. The summed E-state index contributed by atoms with van der Waals surface area (Å²) >= 11 is 0. The van der Waals surface area contributed by atoms with Crippen LogP contribution in [0.4, 0.5) is 8.78 Å². The zero-order valence-corrected chi connectivity index (χ0v) is 12.1. The van der Waals surface area contributed by atoms with E-state index in [2.05, 4.69) is 4.98 Å². The fourth-order valence-electron chi connectivity index (χ4n) is 2.42. The molecule has 0 bridgehead atoms. The van der Waals surface area contributed by atoms with Crippen LogP contribution >= 0.6 is 0 Å². The standard InChI is InChI=1S/C14H19F2NO4/c1-3-19-9-5-8(6-9)7-10-17-11(13(15)16)12(21-10)14(18)20-4-2/h8-9,13H,3-7H2,1-2H3. The van der Waals surface area contributed by atoms with Crippen LogP contribution in [0, 0.1) is 5.92 Å². The van der Waals surface area contributed by atoms with E-state index in [1.807, 2.05) is 6.92 Å². The third-order valence-electron chi connectivity index (χ3n) is 3.42. The zero-order chi connectivity index (χ0) is 15.4. The highest BCUT2D eigenvalue weighted by molar-refractivity contribution is 5.87. The molecule has 0 radical (unpaired) electrons. The lowest BCUT2D eigenvalue weighted by Gasteiger charge is -2.34. The zero-order valence-electron chi connectivity index (χ0n) is 12.1. The van der Waals surface area contributed by atoms with Gasteiger partial charge in [0.25, 0.3) is 6.43 Å². The van der Waals surface area contributed by atoms with Crippen molar-refractivity contribution in [2.45, 2.75) is 45.6 Å². The Bertz CT molecular complexity index is 483. The van der Waals surface area contributed by atoms with Crippen molar-refractivity contribution in [3.63, 3.8) is 0 Å². The lowest BCUT2D eigenvalue weighted by Crippen LogP contribution is -2.32. The minimum absolute atomic E-state index is 0.0935. The van der Waals surface area contributed by atoms with Gasteiger partial charge in [0.1, 0.15) is 0 Å². The van der Waals surface area contributed by atoms with E-state index >= 15 is 0 Å². The number of hydrogen-bond acceptors (Lipinski definition) is 5. The van der Waals surface area contributed by atoms with Gasteiger partial charge in [0.2, 0.25) is 5.76 Å². The van der Waals surface area contributed by atoms with E-state index < -0.39 is 23.8 Å². The van der Waals surface area contributed by atoms with Gasteiger partial charge in [0, 0.05) is 13.0 Å². The maximum atomic E-state index is 12.9. The van der Waals surface area contributed by atoms with Gasteiger partial charge in [-0.3, -0.25) is 0 Å². The van der Waals surface area contributed by atoms with Crippen molar-refractivity contribution in [3.8, 4) is 0 Å². The van der Waals surface area contributed by atoms with Crippen LogP contribution in [0.5, 0.6) is 0 Å². The summed E-state index contributed by atoms with van der Waals surface area (Å²) in [6.45, 7) is 4.29. The molecule has 0 saturated heterocycles. The van der Waals surface area contributed by atoms with Crippen LogP contribution in [0.1, 0.15) is 55.3 Å². The molecule has 0 N–H and O–H groups in total. The van der Waals surface area contributed by atoms with Crippen LogP contribution < -0.4 is 0 Å². The molecule has 1 fully saturated rings. The molecule has 1 aromatic heterocycles. The first-order chi connectivity index (χ1) is 10.0. The molecule has 0 amide bonds. The van der Waals surface area contributed by atoms with E-state index in [1.54, 1.807) is 6.92 Å². The Kier molecular flexibility index (Phi) is 5.27. The number of carbonyl (C=O) groups excluding carboxylic acids is 1. The smallest absolute Gasteiger partial charge is 0.376 e. The average molecular weight is 303 g/mol. The number of hydrogen-bond donors (Lipinski definition) is 0. The minimum atomic E-state index is -2.86. The summed E-state index contributed by atoms with van der Waals surface area (Å²) in [5.41, 5.74) is -0.635. The number of aromatic nitrogens is 1. The molecule has 5 nitrogen and oxygen atoms in total. The fraction of sp³-hybridized carbons (Fsp3) is 0.714. The van der Waals surface area contributed by atoms with Gasteiger partial charge in [-0.15, -0.1) is 0 Å². The van der Waals surface area contributed by atoms with E-state index in [-0.39, 0.29) is 18.6 Å². The molecule has 0 aromatic carbocycles. The fourth-order valence-corrected chi connectivity index (χ4v) is 2.42. The summed E-state index contributed by atoms with van der Waals surface area (Å²) in [6, 6.07) is 0. The highest BCUT2D eigenvalue weighted by atomic mass is 19.3. The quantitative estimate of drug-likeness (QED) is 0.724. The Morgan fingerprint density at radius 1 is 1.38 bits per heavy atom. The largest absolute Gasteiger partial charge is 0.460 e. The Balaban J connectivity index is 2.01. The van der Waals surface area contributed by atoms with Crippen LogP contribution in [0.3, 0.4) is 0 Å². The maximum absolute atomic E-state index is 12.9. The van der Waals surface area contributed by atoms with Crippen molar-refractivity contribution < 1.29 is 27.5 Å². The number of oxazole rings is 1. The maximum Gasteiger partial charge on any atom is 0.376 e. The Morgan fingerprint density at radius 2 is 2.10 bits per heavy atom.